The number of benzene rings is 4. The summed E-state index contributed by atoms with van der Waals surface area (Å²) >= 11 is 0. The second kappa shape index (κ2) is 9.85. The zero-order valence-corrected chi connectivity index (χ0v) is 21.9. The van der Waals surface area contributed by atoms with Gasteiger partial charge in [0.05, 0.1) is 6.61 Å². The van der Waals surface area contributed by atoms with E-state index in [-0.39, 0.29) is 24.2 Å². The highest BCUT2D eigenvalue weighted by Gasteiger charge is 2.32. The standard InChI is InChI=1S/C28H27NO8S/c1-16-14-22(36-13-5-3-4-6-26(32)37-29-24(30)11-12-25(29)31)20-9-10-21-23(38(33,34)35)15-17(2)19-8-7-18(16)27(20)28(19)21/h7-10,14-15H,3-6,11-13H2,1-2H3,(H,33,34,35). The molecular formula is C28H27NO8S. The number of carbonyl (C=O) groups is 3. The van der Waals surface area contributed by atoms with Crippen LogP contribution in [0.5, 0.6) is 5.75 Å². The molecule has 9 nitrogen and oxygen atoms in total. The average molecular weight is 538 g/mol. The summed E-state index contributed by atoms with van der Waals surface area (Å²) < 4.78 is 40.2. The Labute approximate surface area is 219 Å². The molecule has 1 fully saturated rings. The molecule has 0 saturated carbocycles. The van der Waals surface area contributed by atoms with Crippen LogP contribution in [0.3, 0.4) is 0 Å². The van der Waals surface area contributed by atoms with E-state index in [9.17, 15) is 27.4 Å². The minimum absolute atomic E-state index is 0.0628. The van der Waals surface area contributed by atoms with E-state index >= 15 is 0 Å². The van der Waals surface area contributed by atoms with Crippen molar-refractivity contribution in [2.75, 3.05) is 6.61 Å². The maximum atomic E-state index is 12.1. The quantitative estimate of drug-likeness (QED) is 0.137. The SMILES string of the molecule is Cc1cc(OCCCCCC(=O)ON2C(=O)CCC2=O)c2ccc3c(S(=O)(=O)O)cc(C)c4ccc1c2c43. The lowest BCUT2D eigenvalue weighted by atomic mass is 9.90. The molecule has 1 aliphatic rings. The molecule has 0 spiro atoms. The molecule has 0 radical (unpaired) electrons. The fourth-order valence-electron chi connectivity index (χ4n) is 5.14. The number of unbranched alkanes of at least 4 members (excludes halogenated alkanes) is 2. The molecule has 0 atom stereocenters. The molecule has 0 aliphatic carbocycles. The third-order valence-corrected chi connectivity index (χ3v) is 7.89. The van der Waals surface area contributed by atoms with E-state index in [1.165, 1.54) is 6.07 Å². The van der Waals surface area contributed by atoms with Gasteiger partial charge in [-0.2, -0.15) is 8.42 Å². The summed E-state index contributed by atoms with van der Waals surface area (Å²) in [6.07, 6.45) is 2.08. The molecule has 1 aliphatic heterocycles. The van der Waals surface area contributed by atoms with Crippen LogP contribution in [0.1, 0.15) is 49.7 Å². The van der Waals surface area contributed by atoms with Gasteiger partial charge < -0.3 is 9.57 Å². The fraction of sp³-hybridized carbons (Fsp3) is 0.321. The molecule has 1 saturated heterocycles. The molecule has 0 unspecified atom stereocenters. The van der Waals surface area contributed by atoms with Crippen molar-refractivity contribution in [3.8, 4) is 5.75 Å². The topological polar surface area (TPSA) is 127 Å². The zero-order chi connectivity index (χ0) is 27.2. The second-order valence-corrected chi connectivity index (χ2v) is 11.0. The highest BCUT2D eigenvalue weighted by molar-refractivity contribution is 7.86. The van der Waals surface area contributed by atoms with Crippen LogP contribution in [-0.2, 0) is 29.3 Å². The van der Waals surface area contributed by atoms with Crippen molar-refractivity contribution in [1.29, 1.82) is 0 Å². The monoisotopic (exact) mass is 537 g/mol. The van der Waals surface area contributed by atoms with Gasteiger partial charge in [-0.3, -0.25) is 14.1 Å². The lowest BCUT2D eigenvalue weighted by molar-refractivity contribution is -0.197. The normalized spacial score (nSPS) is 14.3. The molecule has 4 aromatic rings. The summed E-state index contributed by atoms with van der Waals surface area (Å²) in [6, 6.07) is 11.0. The van der Waals surface area contributed by atoms with E-state index in [4.69, 9.17) is 9.57 Å². The maximum Gasteiger partial charge on any atom is 0.333 e. The Kier molecular flexibility index (Phi) is 6.70. The van der Waals surface area contributed by atoms with E-state index in [0.29, 0.717) is 42.1 Å². The summed E-state index contributed by atoms with van der Waals surface area (Å²) in [6.45, 7) is 4.19. The first-order valence-electron chi connectivity index (χ1n) is 12.4. The van der Waals surface area contributed by atoms with Crippen molar-refractivity contribution in [3.63, 3.8) is 0 Å². The molecule has 5 rings (SSSR count). The van der Waals surface area contributed by atoms with Crippen LogP contribution in [0.25, 0.3) is 32.3 Å². The van der Waals surface area contributed by atoms with Gasteiger partial charge in [-0.25, -0.2) is 4.79 Å². The van der Waals surface area contributed by atoms with Crippen LogP contribution in [0, 0.1) is 13.8 Å². The highest BCUT2D eigenvalue weighted by atomic mass is 32.2. The molecular weight excluding hydrogens is 510 g/mol. The van der Waals surface area contributed by atoms with Gasteiger partial charge in [-0.1, -0.05) is 18.2 Å². The Hall–Kier alpha value is -3.76. The van der Waals surface area contributed by atoms with E-state index in [1.54, 1.807) is 6.07 Å². The first kappa shape index (κ1) is 25.9. The number of ether oxygens (including phenoxy) is 1. The molecule has 2 amide bonds. The van der Waals surface area contributed by atoms with Crippen molar-refractivity contribution in [2.45, 2.75) is 57.3 Å². The van der Waals surface area contributed by atoms with Gasteiger partial charge in [0.1, 0.15) is 10.6 Å². The van der Waals surface area contributed by atoms with Crippen molar-refractivity contribution in [3.05, 3.63) is 47.5 Å². The van der Waals surface area contributed by atoms with Gasteiger partial charge in [0.25, 0.3) is 21.9 Å². The Morgan fingerprint density at radius 3 is 2.11 bits per heavy atom. The van der Waals surface area contributed by atoms with Crippen molar-refractivity contribution in [2.24, 2.45) is 0 Å². The van der Waals surface area contributed by atoms with Gasteiger partial charge in [-0.15, -0.1) is 5.06 Å². The van der Waals surface area contributed by atoms with Crippen LogP contribution in [0.2, 0.25) is 0 Å². The number of imide groups is 1. The maximum absolute atomic E-state index is 12.1. The summed E-state index contributed by atoms with van der Waals surface area (Å²) in [7, 11) is -4.41. The van der Waals surface area contributed by atoms with E-state index in [1.807, 2.05) is 38.1 Å². The minimum atomic E-state index is -4.41. The second-order valence-electron chi connectivity index (χ2n) is 9.63. The largest absolute Gasteiger partial charge is 0.493 e. The summed E-state index contributed by atoms with van der Waals surface area (Å²) in [4.78, 5) is 39.8. The third kappa shape index (κ3) is 4.65. The first-order chi connectivity index (χ1) is 18.1. The molecule has 10 heteroatoms. The number of nitrogens with zero attached hydrogens (tertiary/aromatic N) is 1. The molecule has 38 heavy (non-hydrogen) atoms. The van der Waals surface area contributed by atoms with E-state index in [2.05, 4.69) is 0 Å². The van der Waals surface area contributed by atoms with Crippen LogP contribution in [0.15, 0.2) is 41.3 Å². The Balaban J connectivity index is 1.31. The molecule has 1 heterocycles. The molecule has 198 valence electrons. The van der Waals surface area contributed by atoms with E-state index in [0.717, 1.165) is 38.1 Å². The number of rotatable bonds is 9. The van der Waals surface area contributed by atoms with E-state index < -0.39 is 27.9 Å². The number of hydrogen-bond donors (Lipinski definition) is 1. The number of aryl methyl sites for hydroxylation is 2. The molecule has 1 N–H and O–H groups in total. The van der Waals surface area contributed by atoms with Crippen molar-refractivity contribution < 1.29 is 36.9 Å². The van der Waals surface area contributed by atoms with Crippen LogP contribution in [0.4, 0.5) is 0 Å². The van der Waals surface area contributed by atoms with Crippen LogP contribution < -0.4 is 4.74 Å². The van der Waals surface area contributed by atoms with Gasteiger partial charge in [-0.05, 0) is 78.6 Å². The van der Waals surface area contributed by atoms with Crippen LogP contribution in [-0.4, -0.2) is 42.4 Å². The van der Waals surface area contributed by atoms with Gasteiger partial charge >= 0.3 is 5.97 Å². The summed E-state index contributed by atoms with van der Waals surface area (Å²) in [5.74, 6) is -0.935. The predicted molar refractivity (Wildman–Crippen MR) is 141 cm³/mol. The molecule has 0 bridgehead atoms. The summed E-state index contributed by atoms with van der Waals surface area (Å²) in [5.41, 5.74) is 1.73. The Morgan fingerprint density at radius 1 is 0.868 bits per heavy atom. The van der Waals surface area contributed by atoms with Gasteiger partial charge in [0.15, 0.2) is 0 Å². The number of amides is 2. The van der Waals surface area contributed by atoms with Gasteiger partial charge in [0, 0.05) is 35.4 Å². The molecule has 0 aromatic heterocycles. The van der Waals surface area contributed by atoms with Crippen molar-refractivity contribution in [1.82, 2.24) is 5.06 Å². The van der Waals surface area contributed by atoms with Crippen molar-refractivity contribution >= 4 is 60.2 Å². The Bertz CT molecular complexity index is 1690. The highest BCUT2D eigenvalue weighted by Crippen LogP contribution is 2.43. The number of carbonyl (C=O) groups excluding carboxylic acids is 3. The summed E-state index contributed by atoms with van der Waals surface area (Å²) in [5, 5.41) is 5.41. The minimum Gasteiger partial charge on any atom is -0.493 e. The lowest BCUT2D eigenvalue weighted by Crippen LogP contribution is -2.31. The third-order valence-electron chi connectivity index (χ3n) is 7.00. The van der Waals surface area contributed by atoms with Gasteiger partial charge in [0.2, 0.25) is 0 Å². The number of hydroxylamine groups is 2. The van der Waals surface area contributed by atoms with Crippen LogP contribution >= 0.6 is 0 Å². The lowest BCUT2D eigenvalue weighted by Gasteiger charge is -2.18. The number of hydrogen-bond acceptors (Lipinski definition) is 7. The predicted octanol–water partition coefficient (Wildman–Crippen LogP) is 4.99. The smallest absolute Gasteiger partial charge is 0.333 e. The fourth-order valence-corrected chi connectivity index (χ4v) is 5.91. The average Bonchev–Trinajstić information content (AvgIpc) is 3.18. The first-order valence-corrected chi connectivity index (χ1v) is 13.9. The Morgan fingerprint density at radius 2 is 1.45 bits per heavy atom. The zero-order valence-electron chi connectivity index (χ0n) is 21.1. The molecule has 4 aromatic carbocycles.